The second-order valence-corrected chi connectivity index (χ2v) is 5.31. The molecule has 0 aliphatic carbocycles. The van der Waals surface area contributed by atoms with Crippen LogP contribution in [0.2, 0.25) is 0 Å². The van der Waals surface area contributed by atoms with E-state index in [1.807, 2.05) is 0 Å². The van der Waals surface area contributed by atoms with E-state index in [0.717, 1.165) is 0 Å². The lowest BCUT2D eigenvalue weighted by Crippen LogP contribution is -2.26. The van der Waals surface area contributed by atoms with E-state index in [9.17, 15) is 25.0 Å². The standard InChI is InChI=1S/C16H15N3O5/c1-11-9-12(7-8-14(11)18(21)22)16(20)17(2)10-13-5-3-4-6-15(13)19(23)24/h3-9H,10H2,1-2H3. The molecule has 0 saturated carbocycles. The molecule has 0 aliphatic heterocycles. The fraction of sp³-hybridized carbons (Fsp3) is 0.188. The van der Waals surface area contributed by atoms with Crippen molar-refractivity contribution in [3.8, 4) is 0 Å². The van der Waals surface area contributed by atoms with Crippen molar-refractivity contribution in [1.29, 1.82) is 0 Å². The number of carbonyl (C=O) groups is 1. The number of aryl methyl sites for hydroxylation is 1. The molecule has 0 unspecified atom stereocenters. The van der Waals surface area contributed by atoms with Gasteiger partial charge in [0.1, 0.15) is 0 Å². The van der Waals surface area contributed by atoms with Crippen LogP contribution in [0.5, 0.6) is 0 Å². The summed E-state index contributed by atoms with van der Waals surface area (Å²) in [7, 11) is 1.52. The maximum atomic E-state index is 12.4. The van der Waals surface area contributed by atoms with Crippen molar-refractivity contribution in [2.75, 3.05) is 7.05 Å². The van der Waals surface area contributed by atoms with Crippen molar-refractivity contribution >= 4 is 17.3 Å². The minimum Gasteiger partial charge on any atom is -0.337 e. The Kier molecular flexibility index (Phi) is 4.88. The van der Waals surface area contributed by atoms with Crippen LogP contribution in [0, 0.1) is 27.2 Å². The summed E-state index contributed by atoms with van der Waals surface area (Å²) in [6.07, 6.45) is 0. The molecule has 8 heteroatoms. The van der Waals surface area contributed by atoms with Gasteiger partial charge in [-0.15, -0.1) is 0 Å². The highest BCUT2D eigenvalue weighted by molar-refractivity contribution is 5.94. The van der Waals surface area contributed by atoms with Gasteiger partial charge in [0.2, 0.25) is 0 Å². The average Bonchev–Trinajstić information content (AvgIpc) is 2.53. The van der Waals surface area contributed by atoms with Gasteiger partial charge in [-0.05, 0) is 19.1 Å². The highest BCUT2D eigenvalue weighted by Crippen LogP contribution is 2.22. The van der Waals surface area contributed by atoms with E-state index < -0.39 is 9.85 Å². The molecule has 1 amide bonds. The fourth-order valence-corrected chi connectivity index (χ4v) is 2.36. The van der Waals surface area contributed by atoms with E-state index in [0.29, 0.717) is 16.7 Å². The number of para-hydroxylation sites is 1. The van der Waals surface area contributed by atoms with Gasteiger partial charge in [-0.25, -0.2) is 0 Å². The lowest BCUT2D eigenvalue weighted by Gasteiger charge is -2.17. The third-order valence-corrected chi connectivity index (χ3v) is 3.58. The Bertz CT molecular complexity index is 819. The first-order chi connectivity index (χ1) is 11.3. The molecule has 0 saturated heterocycles. The van der Waals surface area contributed by atoms with Crippen LogP contribution in [0.4, 0.5) is 11.4 Å². The molecule has 0 bridgehead atoms. The van der Waals surface area contributed by atoms with Crippen molar-refractivity contribution in [1.82, 2.24) is 4.90 Å². The predicted molar refractivity (Wildman–Crippen MR) is 86.7 cm³/mol. The van der Waals surface area contributed by atoms with E-state index in [1.165, 1.54) is 36.2 Å². The zero-order chi connectivity index (χ0) is 17.9. The number of amides is 1. The minimum atomic E-state index is -0.513. The normalized spacial score (nSPS) is 10.2. The molecule has 0 spiro atoms. The maximum Gasteiger partial charge on any atom is 0.274 e. The molecule has 0 radical (unpaired) electrons. The van der Waals surface area contributed by atoms with Crippen LogP contribution in [0.15, 0.2) is 42.5 Å². The van der Waals surface area contributed by atoms with E-state index in [4.69, 9.17) is 0 Å². The van der Waals surface area contributed by atoms with Crippen LogP contribution in [0.1, 0.15) is 21.5 Å². The molecule has 124 valence electrons. The van der Waals surface area contributed by atoms with Crippen molar-refractivity contribution in [2.24, 2.45) is 0 Å². The number of hydrogen-bond acceptors (Lipinski definition) is 5. The summed E-state index contributed by atoms with van der Waals surface area (Å²) in [5.74, 6) is -0.369. The fourth-order valence-electron chi connectivity index (χ4n) is 2.36. The number of rotatable bonds is 5. The Hall–Kier alpha value is -3.29. The molecule has 0 aromatic heterocycles. The Labute approximate surface area is 137 Å². The van der Waals surface area contributed by atoms with Gasteiger partial charge in [0.05, 0.1) is 16.4 Å². The van der Waals surface area contributed by atoms with E-state index in [2.05, 4.69) is 0 Å². The van der Waals surface area contributed by atoms with E-state index in [1.54, 1.807) is 25.1 Å². The van der Waals surface area contributed by atoms with Gasteiger partial charge in [-0.2, -0.15) is 0 Å². The molecular weight excluding hydrogens is 314 g/mol. The maximum absolute atomic E-state index is 12.4. The molecule has 24 heavy (non-hydrogen) atoms. The summed E-state index contributed by atoms with van der Waals surface area (Å²) in [4.78, 5) is 34.6. The van der Waals surface area contributed by atoms with Crippen molar-refractivity contribution in [2.45, 2.75) is 13.5 Å². The SMILES string of the molecule is Cc1cc(C(=O)N(C)Cc2ccccc2[N+](=O)[O-])ccc1[N+](=O)[O-]. The second-order valence-electron chi connectivity index (χ2n) is 5.31. The molecular formula is C16H15N3O5. The van der Waals surface area contributed by atoms with Crippen LogP contribution < -0.4 is 0 Å². The predicted octanol–water partition coefficient (Wildman–Crippen LogP) is 3.08. The van der Waals surface area contributed by atoms with Crippen molar-refractivity contribution in [3.05, 3.63) is 79.4 Å². The Morgan fingerprint density at radius 1 is 1.04 bits per heavy atom. The van der Waals surface area contributed by atoms with Crippen molar-refractivity contribution in [3.63, 3.8) is 0 Å². The summed E-state index contributed by atoms with van der Waals surface area (Å²) in [5, 5.41) is 21.9. The third kappa shape index (κ3) is 3.54. The van der Waals surface area contributed by atoms with Crippen LogP contribution >= 0.6 is 0 Å². The second kappa shape index (κ2) is 6.86. The molecule has 0 atom stereocenters. The quantitative estimate of drug-likeness (QED) is 0.619. The van der Waals surface area contributed by atoms with Gasteiger partial charge in [0.15, 0.2) is 0 Å². The molecule has 2 rings (SSSR count). The zero-order valence-electron chi connectivity index (χ0n) is 13.1. The number of nitrogens with zero attached hydrogens (tertiary/aromatic N) is 3. The molecule has 0 fully saturated rings. The largest absolute Gasteiger partial charge is 0.337 e. The topological polar surface area (TPSA) is 107 Å². The summed E-state index contributed by atoms with van der Waals surface area (Å²) >= 11 is 0. The van der Waals surface area contributed by atoms with Gasteiger partial charge in [0.25, 0.3) is 17.3 Å². The smallest absolute Gasteiger partial charge is 0.274 e. The lowest BCUT2D eigenvalue weighted by molar-refractivity contribution is -0.385. The molecule has 8 nitrogen and oxygen atoms in total. The van der Waals surface area contributed by atoms with Gasteiger partial charge >= 0.3 is 0 Å². The zero-order valence-corrected chi connectivity index (χ0v) is 13.1. The van der Waals surface area contributed by atoms with Crippen LogP contribution in [0.3, 0.4) is 0 Å². The molecule has 0 heterocycles. The Morgan fingerprint density at radius 2 is 1.67 bits per heavy atom. The summed E-state index contributed by atoms with van der Waals surface area (Å²) in [6, 6.07) is 10.3. The molecule has 2 aromatic rings. The number of carbonyl (C=O) groups excluding carboxylic acids is 1. The number of nitro benzene ring substituents is 2. The number of hydrogen-bond donors (Lipinski definition) is 0. The van der Waals surface area contributed by atoms with Gasteiger partial charge in [-0.1, -0.05) is 18.2 Å². The summed E-state index contributed by atoms with van der Waals surface area (Å²) in [6.45, 7) is 1.61. The van der Waals surface area contributed by atoms with Crippen molar-refractivity contribution < 1.29 is 14.6 Å². The van der Waals surface area contributed by atoms with E-state index in [-0.39, 0.29) is 23.8 Å². The first kappa shape index (κ1) is 17.1. The first-order valence-electron chi connectivity index (χ1n) is 7.04. The summed E-state index contributed by atoms with van der Waals surface area (Å²) < 4.78 is 0. The lowest BCUT2D eigenvalue weighted by atomic mass is 10.1. The molecule has 0 N–H and O–H groups in total. The van der Waals surface area contributed by atoms with Gasteiger partial charge in [0, 0.05) is 35.9 Å². The highest BCUT2D eigenvalue weighted by Gasteiger charge is 2.19. The highest BCUT2D eigenvalue weighted by atomic mass is 16.6. The third-order valence-electron chi connectivity index (χ3n) is 3.58. The molecule has 2 aromatic carbocycles. The summed E-state index contributed by atoms with van der Waals surface area (Å²) in [5.41, 5.74) is 0.964. The van der Waals surface area contributed by atoms with Gasteiger partial charge < -0.3 is 4.90 Å². The number of nitro groups is 2. The minimum absolute atomic E-state index is 0.0583. The monoisotopic (exact) mass is 329 g/mol. The Balaban J connectivity index is 2.23. The van der Waals surface area contributed by atoms with Crippen LogP contribution in [-0.4, -0.2) is 27.7 Å². The van der Waals surface area contributed by atoms with E-state index >= 15 is 0 Å². The molecule has 0 aliphatic rings. The Morgan fingerprint density at radius 3 is 2.25 bits per heavy atom. The number of benzene rings is 2. The van der Waals surface area contributed by atoms with Crippen LogP contribution in [0.25, 0.3) is 0 Å². The average molecular weight is 329 g/mol. The van der Waals surface area contributed by atoms with Crippen LogP contribution in [-0.2, 0) is 6.54 Å². The first-order valence-corrected chi connectivity index (χ1v) is 7.04. The van der Waals surface area contributed by atoms with Gasteiger partial charge in [-0.3, -0.25) is 25.0 Å².